The number of nitrogens with zero attached hydrogens (tertiary/aromatic N) is 5. The normalized spacial score (nSPS) is 27.2. The summed E-state index contributed by atoms with van der Waals surface area (Å²) in [5, 5.41) is 4.59. The zero-order valence-electron chi connectivity index (χ0n) is 32.2. The number of anilines is 1. The molecule has 53 heavy (non-hydrogen) atoms. The molecule has 9 rings (SSSR count). The van der Waals surface area contributed by atoms with Crippen molar-refractivity contribution in [1.29, 1.82) is 0 Å². The Morgan fingerprint density at radius 1 is 1.02 bits per heavy atom. The van der Waals surface area contributed by atoms with Crippen molar-refractivity contribution in [2.75, 3.05) is 26.0 Å². The van der Waals surface area contributed by atoms with Crippen LogP contribution in [0.25, 0.3) is 22.1 Å². The first kappa shape index (κ1) is 34.8. The number of aromatic nitrogens is 5. The average Bonchev–Trinajstić information content (AvgIpc) is 3.87. The second kappa shape index (κ2) is 13.4. The number of aryl methyl sites for hydroxylation is 2. The molecule has 0 spiro atoms. The van der Waals surface area contributed by atoms with Crippen molar-refractivity contribution < 1.29 is 14.2 Å². The van der Waals surface area contributed by atoms with Gasteiger partial charge in [0.05, 0.1) is 35.7 Å². The molecule has 4 aliphatic rings. The first-order chi connectivity index (χ1) is 25.6. The molecule has 4 heterocycles. The zero-order valence-corrected chi connectivity index (χ0v) is 32.2. The summed E-state index contributed by atoms with van der Waals surface area (Å²) in [7, 11) is 4.01. The number of benzene rings is 2. The van der Waals surface area contributed by atoms with Crippen LogP contribution in [-0.4, -0.2) is 74.1 Å². The first-order valence-electron chi connectivity index (χ1n) is 19.8. The van der Waals surface area contributed by atoms with Gasteiger partial charge in [0.1, 0.15) is 35.5 Å². The Kier molecular flexibility index (Phi) is 8.78. The molecular weight excluding hydrogens is 663 g/mol. The van der Waals surface area contributed by atoms with Crippen molar-refractivity contribution in [3.05, 3.63) is 77.5 Å². The van der Waals surface area contributed by atoms with Gasteiger partial charge in [-0.3, -0.25) is 0 Å². The number of imidazole rings is 1. The molecule has 0 bridgehead atoms. The lowest BCUT2D eigenvalue weighted by Crippen LogP contribution is -2.46. The Bertz CT molecular complexity index is 2110. The summed E-state index contributed by atoms with van der Waals surface area (Å²) >= 11 is 0. The zero-order chi connectivity index (χ0) is 36.5. The van der Waals surface area contributed by atoms with Gasteiger partial charge in [0.2, 0.25) is 0 Å². The number of nitrogens with one attached hydrogen (secondary N) is 2. The van der Waals surface area contributed by atoms with Crippen LogP contribution in [-0.2, 0) is 27.9 Å². The lowest BCUT2D eigenvalue weighted by molar-refractivity contribution is -0.161. The minimum atomic E-state index is -0.610. The van der Waals surface area contributed by atoms with Crippen LogP contribution in [0.3, 0.4) is 0 Å². The summed E-state index contributed by atoms with van der Waals surface area (Å²) in [5.74, 6) is 3.35. The highest BCUT2D eigenvalue weighted by atomic mass is 16.8. The Hall–Kier alpha value is -3.99. The third-order valence-corrected chi connectivity index (χ3v) is 13.2. The van der Waals surface area contributed by atoms with Gasteiger partial charge in [-0.15, -0.1) is 0 Å². The van der Waals surface area contributed by atoms with E-state index in [9.17, 15) is 0 Å². The number of fused-ring (bicyclic) bond motifs is 3. The van der Waals surface area contributed by atoms with E-state index in [1.54, 1.807) is 13.4 Å². The Morgan fingerprint density at radius 3 is 2.62 bits per heavy atom. The molecule has 0 radical (unpaired) electrons. The van der Waals surface area contributed by atoms with E-state index in [2.05, 4.69) is 88.2 Å². The standard InChI is InChI=1S/C43H55N7O3/c1-26-18-32(51-6)11-9-28(26)23-44-40-33-14-17-50(41(33)46-25-45-40)36-21-29(38-39(36)53-42(2,3)52-38)24-49(5)31-19-27(20-31)8-13-37-47-34-12-10-30(22-35(34)48-37)43(4)15-7-16-43/h9-12,14,17-18,22,25,27,29,31,36,38-39H,7-8,13,15-16,19-21,23-24H2,1-6H3,(H,47,48)(H,44,45,46)/t27?,29-,31?,36-,38-,39+/m1/s1. The van der Waals surface area contributed by atoms with Crippen molar-refractivity contribution >= 4 is 27.9 Å². The summed E-state index contributed by atoms with van der Waals surface area (Å²) in [6, 6.07) is 15.9. The van der Waals surface area contributed by atoms with Crippen molar-refractivity contribution in [2.45, 2.75) is 121 Å². The van der Waals surface area contributed by atoms with Gasteiger partial charge in [-0.05, 0) is 125 Å². The smallest absolute Gasteiger partial charge is 0.163 e. The van der Waals surface area contributed by atoms with Crippen LogP contribution < -0.4 is 10.1 Å². The van der Waals surface area contributed by atoms with E-state index in [0.717, 1.165) is 59.2 Å². The molecule has 5 aromatic rings. The number of ether oxygens (including phenoxy) is 3. The number of hydrogen-bond donors (Lipinski definition) is 2. The lowest BCUT2D eigenvalue weighted by Gasteiger charge is -2.42. The van der Waals surface area contributed by atoms with Crippen molar-refractivity contribution in [3.8, 4) is 5.75 Å². The monoisotopic (exact) mass is 717 g/mol. The molecule has 3 aliphatic carbocycles. The van der Waals surface area contributed by atoms with Crippen molar-refractivity contribution in [1.82, 2.24) is 29.4 Å². The predicted molar refractivity (Wildman–Crippen MR) is 208 cm³/mol. The Balaban J connectivity index is 0.827. The van der Waals surface area contributed by atoms with Gasteiger partial charge in [0.15, 0.2) is 5.79 Å². The second-order valence-corrected chi connectivity index (χ2v) is 17.3. The number of methoxy groups -OCH3 is 1. The van der Waals surface area contributed by atoms with E-state index in [-0.39, 0.29) is 18.2 Å². The fourth-order valence-electron chi connectivity index (χ4n) is 9.77. The summed E-state index contributed by atoms with van der Waals surface area (Å²) < 4.78 is 21.0. The molecule has 4 fully saturated rings. The number of hydrogen-bond acceptors (Lipinski definition) is 8. The maximum absolute atomic E-state index is 6.64. The van der Waals surface area contributed by atoms with Crippen LogP contribution >= 0.6 is 0 Å². The predicted octanol–water partition coefficient (Wildman–Crippen LogP) is 8.10. The minimum Gasteiger partial charge on any atom is -0.497 e. The maximum Gasteiger partial charge on any atom is 0.163 e. The molecule has 1 saturated heterocycles. The summed E-state index contributed by atoms with van der Waals surface area (Å²) in [4.78, 5) is 20.6. The fourth-order valence-corrected chi connectivity index (χ4v) is 9.77. The highest BCUT2D eigenvalue weighted by Crippen LogP contribution is 2.49. The number of H-pyrrole nitrogens is 1. The highest BCUT2D eigenvalue weighted by Gasteiger charge is 2.55. The Labute approximate surface area is 313 Å². The molecule has 3 saturated carbocycles. The molecule has 3 aromatic heterocycles. The van der Waals surface area contributed by atoms with Gasteiger partial charge in [-0.1, -0.05) is 25.5 Å². The van der Waals surface area contributed by atoms with Gasteiger partial charge in [-0.2, -0.15) is 0 Å². The van der Waals surface area contributed by atoms with E-state index in [1.807, 2.05) is 19.9 Å². The van der Waals surface area contributed by atoms with Gasteiger partial charge < -0.3 is 34.0 Å². The van der Waals surface area contributed by atoms with E-state index < -0.39 is 5.79 Å². The second-order valence-electron chi connectivity index (χ2n) is 17.3. The van der Waals surface area contributed by atoms with Crippen LogP contribution in [0.1, 0.15) is 94.3 Å². The third-order valence-electron chi connectivity index (χ3n) is 13.2. The van der Waals surface area contributed by atoms with E-state index >= 15 is 0 Å². The third kappa shape index (κ3) is 6.50. The molecule has 10 heteroatoms. The highest BCUT2D eigenvalue weighted by molar-refractivity contribution is 5.87. The number of rotatable bonds is 12. The van der Waals surface area contributed by atoms with Crippen LogP contribution in [0.4, 0.5) is 5.82 Å². The van der Waals surface area contributed by atoms with E-state index in [0.29, 0.717) is 23.9 Å². The molecule has 2 aromatic carbocycles. The van der Waals surface area contributed by atoms with Crippen LogP contribution in [0.2, 0.25) is 0 Å². The molecule has 0 unspecified atom stereocenters. The van der Waals surface area contributed by atoms with E-state index in [1.165, 1.54) is 60.7 Å². The van der Waals surface area contributed by atoms with E-state index in [4.69, 9.17) is 24.2 Å². The summed E-state index contributed by atoms with van der Waals surface area (Å²) in [5.41, 5.74) is 7.43. The molecule has 4 atom stereocenters. The molecule has 280 valence electrons. The fraction of sp³-hybridized carbons (Fsp3) is 0.558. The molecule has 2 N–H and O–H groups in total. The SMILES string of the molecule is COc1ccc(CNc2ncnc3c2ccn3[C@@H]2C[C@H](CN(C)C3CC(CCc4nc5ccc(C6(C)CCC6)cc5[nH]4)C3)[C@H]3OC(C)(C)O[C@H]32)c(C)c1. The molecule has 0 amide bonds. The largest absolute Gasteiger partial charge is 0.497 e. The maximum atomic E-state index is 6.64. The average molecular weight is 718 g/mol. The summed E-state index contributed by atoms with van der Waals surface area (Å²) in [6.45, 7) is 10.3. The number of aromatic amines is 1. The van der Waals surface area contributed by atoms with Gasteiger partial charge in [0, 0.05) is 37.7 Å². The van der Waals surface area contributed by atoms with Gasteiger partial charge in [0.25, 0.3) is 0 Å². The molecule has 10 nitrogen and oxygen atoms in total. The Morgan fingerprint density at radius 2 is 1.85 bits per heavy atom. The van der Waals surface area contributed by atoms with Crippen molar-refractivity contribution in [3.63, 3.8) is 0 Å². The molecular formula is C43H55N7O3. The van der Waals surface area contributed by atoms with Gasteiger partial charge >= 0.3 is 0 Å². The molecule has 1 aliphatic heterocycles. The minimum absolute atomic E-state index is 0.0297. The van der Waals surface area contributed by atoms with Crippen LogP contribution in [0, 0.1) is 18.8 Å². The topological polar surface area (TPSA) is 102 Å². The van der Waals surface area contributed by atoms with Crippen LogP contribution in [0.15, 0.2) is 55.0 Å². The lowest BCUT2D eigenvalue weighted by atomic mass is 9.66. The van der Waals surface area contributed by atoms with Crippen LogP contribution in [0.5, 0.6) is 5.75 Å². The summed E-state index contributed by atoms with van der Waals surface area (Å²) in [6.07, 6.45) is 13.5. The first-order valence-corrected chi connectivity index (χ1v) is 19.8. The van der Waals surface area contributed by atoms with Gasteiger partial charge in [-0.25, -0.2) is 15.0 Å². The quantitative estimate of drug-likeness (QED) is 0.134. The van der Waals surface area contributed by atoms with Crippen molar-refractivity contribution in [2.24, 2.45) is 11.8 Å².